The number of ether oxygens (including phenoxy) is 1. The SMILES string of the molecule is CCOC(=O)CN1C(=O)N(c2ccc(C)c(C)c2)S(=O)(=O)c2ccccc21. The van der Waals surface area contributed by atoms with Crippen molar-refractivity contribution in [3.05, 3.63) is 53.6 Å². The van der Waals surface area contributed by atoms with Crippen LogP contribution in [-0.2, 0) is 19.6 Å². The van der Waals surface area contributed by atoms with Gasteiger partial charge in [0.25, 0.3) is 10.0 Å². The van der Waals surface area contributed by atoms with Crippen molar-refractivity contribution < 1.29 is 22.7 Å². The van der Waals surface area contributed by atoms with Crippen LogP contribution in [0.25, 0.3) is 0 Å². The first-order chi connectivity index (χ1) is 12.8. The third-order valence-corrected chi connectivity index (χ3v) is 6.15. The Morgan fingerprint density at radius 2 is 1.78 bits per heavy atom. The molecule has 0 saturated carbocycles. The minimum Gasteiger partial charge on any atom is -0.465 e. The smallest absolute Gasteiger partial charge is 0.343 e. The number of fused-ring (bicyclic) bond motifs is 1. The highest BCUT2D eigenvalue weighted by Gasteiger charge is 2.43. The Balaban J connectivity index is 2.16. The minimum atomic E-state index is -4.11. The predicted molar refractivity (Wildman–Crippen MR) is 101 cm³/mol. The molecule has 0 bridgehead atoms. The van der Waals surface area contributed by atoms with Gasteiger partial charge in [0.1, 0.15) is 11.4 Å². The zero-order valence-electron chi connectivity index (χ0n) is 15.3. The molecule has 1 heterocycles. The summed E-state index contributed by atoms with van der Waals surface area (Å²) in [6, 6.07) is 10.3. The second-order valence-corrected chi connectivity index (χ2v) is 7.93. The average molecular weight is 388 g/mol. The molecule has 1 aliphatic heterocycles. The molecule has 0 N–H and O–H groups in total. The second kappa shape index (κ2) is 7.03. The van der Waals surface area contributed by atoms with E-state index < -0.39 is 22.0 Å². The maximum Gasteiger partial charge on any atom is 0.343 e. The number of para-hydroxylation sites is 1. The van der Waals surface area contributed by atoms with Crippen molar-refractivity contribution in [1.82, 2.24) is 0 Å². The lowest BCUT2D eigenvalue weighted by atomic mass is 10.1. The molecule has 27 heavy (non-hydrogen) atoms. The Hall–Kier alpha value is -2.87. The molecule has 2 aromatic carbocycles. The van der Waals surface area contributed by atoms with Gasteiger partial charge in [-0.05, 0) is 56.2 Å². The van der Waals surface area contributed by atoms with E-state index in [4.69, 9.17) is 4.74 Å². The summed E-state index contributed by atoms with van der Waals surface area (Å²) in [5.41, 5.74) is 2.22. The molecule has 0 radical (unpaired) electrons. The van der Waals surface area contributed by atoms with Crippen LogP contribution in [-0.4, -0.2) is 33.6 Å². The first kappa shape index (κ1) is 18.9. The standard InChI is InChI=1S/C19H20N2O5S/c1-4-26-18(22)12-20-16-7-5-6-8-17(16)27(24,25)21(19(20)23)15-10-9-13(2)14(3)11-15/h5-11H,4,12H2,1-3H3. The van der Waals surface area contributed by atoms with E-state index in [0.717, 1.165) is 20.3 Å². The van der Waals surface area contributed by atoms with Gasteiger partial charge in [-0.25, -0.2) is 13.2 Å². The zero-order chi connectivity index (χ0) is 19.8. The van der Waals surface area contributed by atoms with E-state index in [9.17, 15) is 18.0 Å². The van der Waals surface area contributed by atoms with E-state index in [0.29, 0.717) is 0 Å². The molecule has 0 aromatic heterocycles. The van der Waals surface area contributed by atoms with Gasteiger partial charge in [-0.1, -0.05) is 18.2 Å². The predicted octanol–water partition coefficient (Wildman–Crippen LogP) is 3.00. The summed E-state index contributed by atoms with van der Waals surface area (Å²) in [7, 11) is -4.11. The van der Waals surface area contributed by atoms with Crippen molar-refractivity contribution in [2.45, 2.75) is 25.7 Å². The number of amides is 2. The molecule has 0 spiro atoms. The van der Waals surface area contributed by atoms with Crippen LogP contribution in [0.2, 0.25) is 0 Å². The van der Waals surface area contributed by atoms with Crippen LogP contribution in [0.4, 0.5) is 16.2 Å². The lowest BCUT2D eigenvalue weighted by molar-refractivity contribution is -0.141. The highest BCUT2D eigenvalue weighted by molar-refractivity contribution is 7.94. The molecule has 2 aromatic rings. The van der Waals surface area contributed by atoms with Crippen LogP contribution < -0.4 is 9.21 Å². The maximum atomic E-state index is 13.1. The molecular formula is C19H20N2O5S. The van der Waals surface area contributed by atoms with Crippen molar-refractivity contribution in [3.8, 4) is 0 Å². The number of sulfonamides is 1. The van der Waals surface area contributed by atoms with E-state index in [2.05, 4.69) is 0 Å². The number of hydrogen-bond donors (Lipinski definition) is 0. The van der Waals surface area contributed by atoms with Crippen molar-refractivity contribution in [2.75, 3.05) is 22.4 Å². The van der Waals surface area contributed by atoms with Crippen LogP contribution in [0, 0.1) is 13.8 Å². The van der Waals surface area contributed by atoms with Crippen LogP contribution >= 0.6 is 0 Å². The number of carbonyl (C=O) groups is 2. The Bertz CT molecular complexity index is 1020. The molecule has 2 amide bonds. The fraction of sp³-hybridized carbons (Fsp3) is 0.263. The van der Waals surface area contributed by atoms with Crippen LogP contribution in [0.15, 0.2) is 47.4 Å². The number of esters is 1. The van der Waals surface area contributed by atoms with Crippen LogP contribution in [0.1, 0.15) is 18.1 Å². The normalized spacial score (nSPS) is 15.4. The maximum absolute atomic E-state index is 13.1. The quantitative estimate of drug-likeness (QED) is 0.752. The zero-order valence-corrected chi connectivity index (χ0v) is 16.1. The van der Waals surface area contributed by atoms with Crippen LogP contribution in [0.5, 0.6) is 0 Å². The lowest BCUT2D eigenvalue weighted by Crippen LogP contribution is -2.52. The molecule has 1 aliphatic rings. The van der Waals surface area contributed by atoms with E-state index in [1.807, 2.05) is 13.8 Å². The topological polar surface area (TPSA) is 84.0 Å². The molecule has 0 aliphatic carbocycles. The van der Waals surface area contributed by atoms with Crippen molar-refractivity contribution in [2.24, 2.45) is 0 Å². The number of urea groups is 1. The third kappa shape index (κ3) is 3.28. The highest BCUT2D eigenvalue weighted by Crippen LogP contribution is 2.37. The highest BCUT2D eigenvalue weighted by atomic mass is 32.2. The third-order valence-electron chi connectivity index (χ3n) is 4.40. The summed E-state index contributed by atoms with van der Waals surface area (Å²) in [5.74, 6) is -0.611. The van der Waals surface area contributed by atoms with E-state index in [1.54, 1.807) is 37.3 Å². The van der Waals surface area contributed by atoms with E-state index in [1.165, 1.54) is 12.1 Å². The summed E-state index contributed by atoms with van der Waals surface area (Å²) in [4.78, 5) is 26.2. The summed E-state index contributed by atoms with van der Waals surface area (Å²) in [6.07, 6.45) is 0. The first-order valence-electron chi connectivity index (χ1n) is 8.46. The Morgan fingerprint density at radius 3 is 2.44 bits per heavy atom. The molecule has 7 nitrogen and oxygen atoms in total. The molecule has 3 rings (SSSR count). The average Bonchev–Trinajstić information content (AvgIpc) is 2.62. The largest absolute Gasteiger partial charge is 0.465 e. The monoisotopic (exact) mass is 388 g/mol. The number of carbonyl (C=O) groups excluding carboxylic acids is 2. The molecule has 0 atom stereocenters. The molecule has 0 unspecified atom stereocenters. The molecular weight excluding hydrogens is 368 g/mol. The van der Waals surface area contributed by atoms with Gasteiger partial charge < -0.3 is 4.74 Å². The van der Waals surface area contributed by atoms with Gasteiger partial charge in [-0.2, -0.15) is 4.31 Å². The van der Waals surface area contributed by atoms with Gasteiger partial charge in [0.05, 0.1) is 18.0 Å². The lowest BCUT2D eigenvalue weighted by Gasteiger charge is -2.35. The summed E-state index contributed by atoms with van der Waals surface area (Å²) in [5, 5.41) is 0. The van der Waals surface area contributed by atoms with Gasteiger partial charge in [0.2, 0.25) is 0 Å². The van der Waals surface area contributed by atoms with Gasteiger partial charge >= 0.3 is 12.0 Å². The molecule has 142 valence electrons. The van der Waals surface area contributed by atoms with Gasteiger partial charge in [-0.15, -0.1) is 0 Å². The number of hydrogen-bond acceptors (Lipinski definition) is 5. The van der Waals surface area contributed by atoms with Crippen molar-refractivity contribution in [3.63, 3.8) is 0 Å². The summed E-state index contributed by atoms with van der Waals surface area (Å²) < 4.78 is 31.9. The fourth-order valence-corrected chi connectivity index (χ4v) is 4.49. The second-order valence-electron chi connectivity index (χ2n) is 6.18. The van der Waals surface area contributed by atoms with Gasteiger partial charge in [-0.3, -0.25) is 9.69 Å². The number of aryl methyl sites for hydroxylation is 2. The minimum absolute atomic E-state index is 0.0351. The number of rotatable bonds is 4. The molecule has 0 saturated heterocycles. The Kier molecular flexibility index (Phi) is 4.93. The molecule has 8 heteroatoms. The molecule has 0 fully saturated rings. The summed E-state index contributed by atoms with van der Waals surface area (Å²) in [6.45, 7) is 5.19. The van der Waals surface area contributed by atoms with E-state index in [-0.39, 0.29) is 29.4 Å². The van der Waals surface area contributed by atoms with Gasteiger partial charge in [0, 0.05) is 0 Å². The Labute approximate surface area is 158 Å². The number of benzene rings is 2. The van der Waals surface area contributed by atoms with Gasteiger partial charge in [0.15, 0.2) is 0 Å². The van der Waals surface area contributed by atoms with Crippen LogP contribution in [0.3, 0.4) is 0 Å². The van der Waals surface area contributed by atoms with E-state index >= 15 is 0 Å². The fourth-order valence-electron chi connectivity index (χ4n) is 2.90. The van der Waals surface area contributed by atoms with Crippen molar-refractivity contribution in [1.29, 1.82) is 0 Å². The summed E-state index contributed by atoms with van der Waals surface area (Å²) >= 11 is 0. The Morgan fingerprint density at radius 1 is 1.07 bits per heavy atom. The number of anilines is 2. The number of nitrogens with zero attached hydrogens (tertiary/aromatic N) is 2. The first-order valence-corrected chi connectivity index (χ1v) is 9.90. The van der Waals surface area contributed by atoms with Crippen molar-refractivity contribution >= 4 is 33.4 Å².